The highest BCUT2D eigenvalue weighted by Crippen LogP contribution is 2.55. The van der Waals surface area contributed by atoms with Gasteiger partial charge in [0.25, 0.3) is 0 Å². The molecule has 0 bridgehead atoms. The molecule has 1 atom stereocenters. The quantitative estimate of drug-likeness (QED) is 0.418. The third kappa shape index (κ3) is 3.76. The van der Waals surface area contributed by atoms with Crippen LogP contribution >= 0.6 is 11.6 Å². The Balaban J connectivity index is 1.37. The fourth-order valence-corrected chi connectivity index (χ4v) is 5.39. The van der Waals surface area contributed by atoms with Crippen LogP contribution in [-0.2, 0) is 17.8 Å². The summed E-state index contributed by atoms with van der Waals surface area (Å²) in [5, 5.41) is 12.4. The molecular weight excluding hydrogens is 485 g/mol. The van der Waals surface area contributed by atoms with Gasteiger partial charge in [0.15, 0.2) is 0 Å². The minimum absolute atomic E-state index is 0.0931. The van der Waals surface area contributed by atoms with Crippen LogP contribution in [0.15, 0.2) is 42.6 Å². The number of carbonyl (C=O) groups is 2. The first-order valence-electron chi connectivity index (χ1n) is 11.8. The first kappa shape index (κ1) is 22.8. The summed E-state index contributed by atoms with van der Waals surface area (Å²) in [6, 6.07) is 9.46. The Morgan fingerprint density at radius 3 is 2.83 bits per heavy atom. The van der Waals surface area contributed by atoms with E-state index in [2.05, 4.69) is 10.3 Å². The average Bonchev–Trinajstić information content (AvgIpc) is 3.61. The molecular formula is C27H23ClFN3O4. The van der Waals surface area contributed by atoms with Crippen LogP contribution in [0.25, 0.3) is 0 Å². The van der Waals surface area contributed by atoms with Crippen molar-refractivity contribution in [1.29, 1.82) is 0 Å². The van der Waals surface area contributed by atoms with E-state index in [0.29, 0.717) is 30.0 Å². The Kier molecular flexibility index (Phi) is 5.19. The standard InChI is InChI=1S/C27H23ClFN3O4/c1-14-9-15-4-5-22(24-19(29)3-2-8-30-24)36-23(15)12-21(14)32-13-17-18(27(28)6-7-27)10-16(25(33)34)11-20(17)31-26(32)35/h2-3,8-12,22H,4-7,13H2,1H3,(H,31,35)(H,33,34). The number of aryl methyl sites for hydroxylation is 2. The van der Waals surface area contributed by atoms with Crippen molar-refractivity contribution in [3.63, 3.8) is 0 Å². The van der Waals surface area contributed by atoms with E-state index >= 15 is 0 Å². The fraction of sp³-hybridized carbons (Fsp3) is 0.296. The number of carboxylic acid groups (broad SMARTS) is 1. The lowest BCUT2D eigenvalue weighted by molar-refractivity contribution is 0.0696. The number of fused-ring (bicyclic) bond motifs is 2. The molecule has 1 aromatic heterocycles. The number of nitrogens with zero attached hydrogens (tertiary/aromatic N) is 2. The van der Waals surface area contributed by atoms with Gasteiger partial charge in [0.05, 0.1) is 22.7 Å². The van der Waals surface area contributed by atoms with Gasteiger partial charge in [-0.15, -0.1) is 11.6 Å². The van der Waals surface area contributed by atoms with Crippen LogP contribution in [-0.4, -0.2) is 22.1 Å². The summed E-state index contributed by atoms with van der Waals surface area (Å²) < 4.78 is 20.5. The molecule has 9 heteroatoms. The van der Waals surface area contributed by atoms with Crippen molar-refractivity contribution in [1.82, 2.24) is 4.98 Å². The molecule has 184 valence electrons. The third-order valence-electron chi connectivity index (χ3n) is 7.18. The van der Waals surface area contributed by atoms with Gasteiger partial charge in [-0.05, 0) is 73.6 Å². The number of carboxylic acids is 1. The molecule has 0 radical (unpaired) electrons. The van der Waals surface area contributed by atoms with Crippen LogP contribution in [0.2, 0.25) is 0 Å². The molecule has 1 saturated carbocycles. The largest absolute Gasteiger partial charge is 0.484 e. The second-order valence-electron chi connectivity index (χ2n) is 9.60. The Bertz CT molecular complexity index is 1440. The van der Waals surface area contributed by atoms with E-state index in [-0.39, 0.29) is 23.8 Å². The fourth-order valence-electron chi connectivity index (χ4n) is 5.12. The second kappa shape index (κ2) is 8.20. The number of anilines is 2. The molecule has 3 aliphatic rings. The van der Waals surface area contributed by atoms with Crippen LogP contribution in [0.1, 0.15) is 63.7 Å². The smallest absolute Gasteiger partial charge is 0.335 e. The van der Waals surface area contributed by atoms with E-state index in [1.807, 2.05) is 19.1 Å². The lowest BCUT2D eigenvalue weighted by Gasteiger charge is -2.34. The Morgan fingerprint density at radius 1 is 1.31 bits per heavy atom. The number of aromatic nitrogens is 1. The number of amides is 2. The zero-order chi connectivity index (χ0) is 25.2. The summed E-state index contributed by atoms with van der Waals surface area (Å²) in [5.74, 6) is -0.889. The number of urea groups is 1. The Hall–Kier alpha value is -3.65. The van der Waals surface area contributed by atoms with Crippen LogP contribution in [0.3, 0.4) is 0 Å². The van der Waals surface area contributed by atoms with E-state index in [4.69, 9.17) is 16.3 Å². The van der Waals surface area contributed by atoms with Crippen molar-refractivity contribution in [2.45, 2.75) is 50.1 Å². The maximum absolute atomic E-state index is 14.3. The highest BCUT2D eigenvalue weighted by molar-refractivity contribution is 6.26. The number of ether oxygens (including phenoxy) is 1. The lowest BCUT2D eigenvalue weighted by Crippen LogP contribution is -2.40. The Labute approximate surface area is 211 Å². The lowest BCUT2D eigenvalue weighted by atomic mass is 9.94. The van der Waals surface area contributed by atoms with Gasteiger partial charge in [-0.1, -0.05) is 6.07 Å². The molecule has 1 fully saturated rings. The molecule has 6 rings (SSSR count). The monoisotopic (exact) mass is 507 g/mol. The first-order valence-corrected chi connectivity index (χ1v) is 12.2. The first-order chi connectivity index (χ1) is 17.2. The highest BCUT2D eigenvalue weighted by Gasteiger charge is 2.46. The number of aromatic carboxylic acids is 1. The normalized spacial score (nSPS) is 19.6. The maximum atomic E-state index is 14.3. The molecule has 1 unspecified atom stereocenters. The third-order valence-corrected chi connectivity index (χ3v) is 7.76. The molecule has 2 aliphatic heterocycles. The topological polar surface area (TPSA) is 91.8 Å². The van der Waals surface area contributed by atoms with Crippen molar-refractivity contribution in [3.05, 3.63) is 81.9 Å². The SMILES string of the molecule is Cc1cc2c(cc1N1Cc3c(cc(C(=O)O)cc3C3(Cl)CC3)NC1=O)OC(c1ncccc1F)CC2. The molecule has 7 nitrogen and oxygen atoms in total. The molecule has 2 N–H and O–H groups in total. The number of pyridine rings is 1. The molecule has 1 aliphatic carbocycles. The molecule has 2 amide bonds. The van der Waals surface area contributed by atoms with Gasteiger partial charge in [0.1, 0.15) is 23.4 Å². The van der Waals surface area contributed by atoms with Crippen molar-refractivity contribution in [2.24, 2.45) is 0 Å². The van der Waals surface area contributed by atoms with Crippen molar-refractivity contribution < 1.29 is 23.8 Å². The predicted molar refractivity (Wildman–Crippen MR) is 132 cm³/mol. The molecule has 0 saturated heterocycles. The van der Waals surface area contributed by atoms with Crippen LogP contribution in [0.4, 0.5) is 20.6 Å². The summed E-state index contributed by atoms with van der Waals surface area (Å²) in [4.78, 5) is 30.0. The van der Waals surface area contributed by atoms with Gasteiger partial charge in [-0.3, -0.25) is 9.88 Å². The van der Waals surface area contributed by atoms with Gasteiger partial charge in [0.2, 0.25) is 0 Å². The number of rotatable bonds is 4. The van der Waals surface area contributed by atoms with Gasteiger partial charge in [-0.25, -0.2) is 14.0 Å². The molecule has 3 heterocycles. The number of nitrogens with one attached hydrogen (secondary N) is 1. The van der Waals surface area contributed by atoms with E-state index in [1.54, 1.807) is 23.2 Å². The van der Waals surface area contributed by atoms with Crippen LogP contribution < -0.4 is 15.0 Å². The van der Waals surface area contributed by atoms with Gasteiger partial charge in [-0.2, -0.15) is 0 Å². The van der Waals surface area contributed by atoms with Crippen LogP contribution in [0.5, 0.6) is 5.75 Å². The van der Waals surface area contributed by atoms with Crippen molar-refractivity contribution in [3.8, 4) is 5.75 Å². The molecule has 36 heavy (non-hydrogen) atoms. The zero-order valence-electron chi connectivity index (χ0n) is 19.5. The summed E-state index contributed by atoms with van der Waals surface area (Å²) in [6.07, 6.45) is 3.82. The van der Waals surface area contributed by atoms with E-state index < -0.39 is 22.8 Å². The van der Waals surface area contributed by atoms with E-state index in [0.717, 1.165) is 35.1 Å². The molecule has 3 aromatic rings. The molecule has 2 aromatic carbocycles. The van der Waals surface area contributed by atoms with Crippen molar-refractivity contribution in [2.75, 3.05) is 10.2 Å². The summed E-state index contributed by atoms with van der Waals surface area (Å²) >= 11 is 6.75. The van der Waals surface area contributed by atoms with Crippen molar-refractivity contribution >= 4 is 35.0 Å². The summed E-state index contributed by atoms with van der Waals surface area (Å²) in [6.45, 7) is 2.17. The summed E-state index contributed by atoms with van der Waals surface area (Å²) in [7, 11) is 0. The number of halogens is 2. The highest BCUT2D eigenvalue weighted by atomic mass is 35.5. The second-order valence-corrected chi connectivity index (χ2v) is 10.3. The number of alkyl halides is 1. The number of hydrogen-bond acceptors (Lipinski definition) is 4. The minimum atomic E-state index is -1.07. The van der Waals surface area contributed by atoms with Gasteiger partial charge >= 0.3 is 12.0 Å². The number of hydrogen-bond donors (Lipinski definition) is 2. The minimum Gasteiger partial charge on any atom is -0.484 e. The van der Waals surface area contributed by atoms with E-state index in [1.165, 1.54) is 12.1 Å². The zero-order valence-corrected chi connectivity index (χ0v) is 20.2. The van der Waals surface area contributed by atoms with E-state index in [9.17, 15) is 19.1 Å². The molecule has 0 spiro atoms. The average molecular weight is 508 g/mol. The number of carbonyl (C=O) groups excluding carboxylic acids is 1. The summed E-state index contributed by atoms with van der Waals surface area (Å²) in [5.41, 5.74) is 4.92. The van der Waals surface area contributed by atoms with Gasteiger partial charge < -0.3 is 15.2 Å². The van der Waals surface area contributed by atoms with Gasteiger partial charge in [0, 0.05) is 23.5 Å². The number of benzene rings is 2. The Morgan fingerprint density at radius 2 is 2.11 bits per heavy atom. The predicted octanol–water partition coefficient (Wildman–Crippen LogP) is 6.07. The maximum Gasteiger partial charge on any atom is 0.335 e. The van der Waals surface area contributed by atoms with Crippen LogP contribution in [0, 0.1) is 12.7 Å².